The molecule has 1 rings (SSSR count). The van der Waals surface area contributed by atoms with Crippen molar-refractivity contribution in [2.24, 2.45) is 0 Å². The first-order valence-electron chi connectivity index (χ1n) is 2.87. The molecule has 0 aliphatic carbocycles. The van der Waals surface area contributed by atoms with Crippen LogP contribution in [0, 0.1) is 0 Å². The number of aliphatic hydroxyl groups is 3. The summed E-state index contributed by atoms with van der Waals surface area (Å²) in [5.74, 6) is 0. The molecule has 1 fully saturated rings. The molecule has 3 N–H and O–H groups in total. The van der Waals surface area contributed by atoms with Crippen LogP contribution in [0.25, 0.3) is 0 Å². The summed E-state index contributed by atoms with van der Waals surface area (Å²) in [4.78, 5) is 0. The fourth-order valence-electron chi connectivity index (χ4n) is 0.769. The highest BCUT2D eigenvalue weighted by Crippen LogP contribution is 2.11. The SMILES string of the molecule is OC1OCC[C@@H](O)[C@H]1O. The van der Waals surface area contributed by atoms with Gasteiger partial charge in [0.15, 0.2) is 6.29 Å². The second kappa shape index (κ2) is 2.62. The molecule has 0 amide bonds. The Bertz CT molecular complexity index is 85.0. The summed E-state index contributed by atoms with van der Waals surface area (Å²) in [6.07, 6.45) is -2.81. The van der Waals surface area contributed by atoms with Crippen molar-refractivity contribution in [3.63, 3.8) is 0 Å². The Balaban J connectivity index is 2.41. The summed E-state index contributed by atoms with van der Waals surface area (Å²) >= 11 is 0. The van der Waals surface area contributed by atoms with Crippen LogP contribution in [0.3, 0.4) is 0 Å². The number of hydrogen-bond donors (Lipinski definition) is 3. The lowest BCUT2D eigenvalue weighted by Crippen LogP contribution is -2.44. The zero-order valence-electron chi connectivity index (χ0n) is 4.90. The number of ether oxygens (including phenoxy) is 1. The van der Waals surface area contributed by atoms with E-state index in [0.717, 1.165) is 0 Å². The van der Waals surface area contributed by atoms with E-state index < -0.39 is 18.5 Å². The molecule has 1 aliphatic heterocycles. The van der Waals surface area contributed by atoms with Crippen molar-refractivity contribution < 1.29 is 20.1 Å². The predicted molar refractivity (Wildman–Crippen MR) is 28.6 cm³/mol. The van der Waals surface area contributed by atoms with Crippen molar-refractivity contribution in [2.75, 3.05) is 6.61 Å². The van der Waals surface area contributed by atoms with Crippen LogP contribution in [0.1, 0.15) is 6.42 Å². The van der Waals surface area contributed by atoms with E-state index in [1.54, 1.807) is 0 Å². The lowest BCUT2D eigenvalue weighted by molar-refractivity contribution is -0.219. The summed E-state index contributed by atoms with van der Waals surface area (Å²) in [5.41, 5.74) is 0. The average molecular weight is 134 g/mol. The monoisotopic (exact) mass is 134 g/mol. The molecule has 9 heavy (non-hydrogen) atoms. The van der Waals surface area contributed by atoms with Gasteiger partial charge in [-0.05, 0) is 6.42 Å². The van der Waals surface area contributed by atoms with Crippen LogP contribution in [-0.2, 0) is 4.74 Å². The molecular formula is C5H10O4. The number of aliphatic hydroxyl groups excluding tert-OH is 3. The first kappa shape index (κ1) is 6.95. The van der Waals surface area contributed by atoms with Crippen LogP contribution >= 0.6 is 0 Å². The van der Waals surface area contributed by atoms with Crippen LogP contribution in [-0.4, -0.2) is 40.4 Å². The molecule has 0 aromatic rings. The topological polar surface area (TPSA) is 69.9 Å². The lowest BCUT2D eigenvalue weighted by atomic mass is 10.1. The average Bonchev–Trinajstić information content (AvgIpc) is 1.83. The Hall–Kier alpha value is -0.160. The van der Waals surface area contributed by atoms with E-state index in [1.807, 2.05) is 0 Å². The molecule has 1 aliphatic rings. The normalized spacial score (nSPS) is 45.0. The van der Waals surface area contributed by atoms with Gasteiger partial charge < -0.3 is 20.1 Å². The van der Waals surface area contributed by atoms with Crippen molar-refractivity contribution in [2.45, 2.75) is 24.9 Å². The van der Waals surface area contributed by atoms with Crippen molar-refractivity contribution in [3.8, 4) is 0 Å². The maximum atomic E-state index is 8.86. The number of hydrogen-bond acceptors (Lipinski definition) is 4. The van der Waals surface area contributed by atoms with Gasteiger partial charge in [0, 0.05) is 0 Å². The van der Waals surface area contributed by atoms with Crippen LogP contribution in [0.4, 0.5) is 0 Å². The van der Waals surface area contributed by atoms with Crippen LogP contribution in [0.15, 0.2) is 0 Å². The van der Waals surface area contributed by atoms with Gasteiger partial charge in [-0.25, -0.2) is 0 Å². The van der Waals surface area contributed by atoms with Crippen molar-refractivity contribution in [3.05, 3.63) is 0 Å². The van der Waals surface area contributed by atoms with E-state index in [0.29, 0.717) is 13.0 Å². The van der Waals surface area contributed by atoms with Crippen LogP contribution in [0.5, 0.6) is 0 Å². The van der Waals surface area contributed by atoms with E-state index in [4.69, 9.17) is 15.3 Å². The predicted octanol–water partition coefficient (Wildman–Crippen LogP) is -1.55. The summed E-state index contributed by atoms with van der Waals surface area (Å²) in [5, 5.41) is 26.4. The van der Waals surface area contributed by atoms with E-state index >= 15 is 0 Å². The molecule has 0 radical (unpaired) electrons. The highest BCUT2D eigenvalue weighted by molar-refractivity contribution is 4.73. The lowest BCUT2D eigenvalue weighted by Gasteiger charge is -2.27. The van der Waals surface area contributed by atoms with E-state index in [1.165, 1.54) is 0 Å². The van der Waals surface area contributed by atoms with Gasteiger partial charge in [0.1, 0.15) is 6.10 Å². The summed E-state index contributed by atoms with van der Waals surface area (Å²) in [7, 11) is 0. The molecule has 1 heterocycles. The van der Waals surface area contributed by atoms with Gasteiger partial charge in [0.05, 0.1) is 12.7 Å². The minimum absolute atomic E-state index is 0.305. The molecule has 54 valence electrons. The quantitative estimate of drug-likeness (QED) is 0.375. The molecule has 4 nitrogen and oxygen atoms in total. The Kier molecular flexibility index (Phi) is 2.02. The standard InChI is InChI=1S/C5H10O4/c6-3-1-2-9-5(8)4(3)7/h3-8H,1-2H2/t3-,4-,5?/m1/s1. The second-order valence-electron chi connectivity index (χ2n) is 2.11. The van der Waals surface area contributed by atoms with Crippen molar-refractivity contribution >= 4 is 0 Å². The molecule has 3 atom stereocenters. The van der Waals surface area contributed by atoms with Crippen LogP contribution < -0.4 is 0 Å². The zero-order chi connectivity index (χ0) is 6.85. The third kappa shape index (κ3) is 1.40. The third-order valence-corrected chi connectivity index (χ3v) is 1.39. The maximum Gasteiger partial charge on any atom is 0.183 e. The van der Waals surface area contributed by atoms with E-state index in [9.17, 15) is 0 Å². The molecule has 1 unspecified atom stereocenters. The first-order chi connectivity index (χ1) is 4.22. The summed E-state index contributed by atoms with van der Waals surface area (Å²) in [6, 6.07) is 0. The van der Waals surface area contributed by atoms with Gasteiger partial charge >= 0.3 is 0 Å². The molecule has 4 heteroatoms. The summed E-state index contributed by atoms with van der Waals surface area (Å²) in [6.45, 7) is 0.305. The molecule has 0 bridgehead atoms. The van der Waals surface area contributed by atoms with Gasteiger partial charge in [-0.1, -0.05) is 0 Å². The van der Waals surface area contributed by atoms with E-state index in [-0.39, 0.29) is 0 Å². The molecule has 0 spiro atoms. The largest absolute Gasteiger partial charge is 0.390 e. The Morgan fingerprint density at radius 2 is 1.89 bits per heavy atom. The fourth-order valence-corrected chi connectivity index (χ4v) is 0.769. The highest BCUT2D eigenvalue weighted by atomic mass is 16.6. The third-order valence-electron chi connectivity index (χ3n) is 1.39. The Morgan fingerprint density at radius 3 is 2.33 bits per heavy atom. The Labute approximate surface area is 52.7 Å². The van der Waals surface area contributed by atoms with Gasteiger partial charge in [0.25, 0.3) is 0 Å². The van der Waals surface area contributed by atoms with Crippen molar-refractivity contribution in [1.82, 2.24) is 0 Å². The Morgan fingerprint density at radius 1 is 1.22 bits per heavy atom. The van der Waals surface area contributed by atoms with Gasteiger partial charge in [-0.2, -0.15) is 0 Å². The second-order valence-corrected chi connectivity index (χ2v) is 2.11. The van der Waals surface area contributed by atoms with Crippen LogP contribution in [0.2, 0.25) is 0 Å². The zero-order valence-corrected chi connectivity index (χ0v) is 4.90. The smallest absolute Gasteiger partial charge is 0.183 e. The summed E-state index contributed by atoms with van der Waals surface area (Å²) < 4.78 is 4.61. The maximum absolute atomic E-state index is 8.86. The molecule has 1 saturated heterocycles. The minimum atomic E-state index is -1.21. The van der Waals surface area contributed by atoms with Gasteiger partial charge in [-0.3, -0.25) is 0 Å². The van der Waals surface area contributed by atoms with Gasteiger partial charge in [-0.15, -0.1) is 0 Å². The first-order valence-corrected chi connectivity index (χ1v) is 2.87. The fraction of sp³-hybridized carbons (Fsp3) is 1.00. The molecule has 0 aromatic heterocycles. The molecular weight excluding hydrogens is 124 g/mol. The molecule has 0 aromatic carbocycles. The highest BCUT2D eigenvalue weighted by Gasteiger charge is 2.29. The number of rotatable bonds is 0. The van der Waals surface area contributed by atoms with Crippen molar-refractivity contribution in [1.29, 1.82) is 0 Å². The van der Waals surface area contributed by atoms with Gasteiger partial charge in [0.2, 0.25) is 0 Å². The molecule has 0 saturated carbocycles. The minimum Gasteiger partial charge on any atom is -0.390 e. The van der Waals surface area contributed by atoms with E-state index in [2.05, 4.69) is 4.74 Å².